The van der Waals surface area contributed by atoms with Crippen LogP contribution in [0.1, 0.15) is 11.1 Å². The van der Waals surface area contributed by atoms with Crippen LogP contribution in [-0.2, 0) is 11.4 Å². The number of benzene rings is 2. The highest BCUT2D eigenvalue weighted by atomic mass is 35.5. The normalized spacial score (nSPS) is 10.7. The van der Waals surface area contributed by atoms with Gasteiger partial charge in [-0.2, -0.15) is 0 Å². The van der Waals surface area contributed by atoms with Crippen molar-refractivity contribution in [1.29, 1.82) is 0 Å². The highest BCUT2D eigenvalue weighted by Crippen LogP contribution is 2.37. The number of ether oxygens (including phenoxy) is 2. The van der Waals surface area contributed by atoms with Crippen LogP contribution in [0.5, 0.6) is 11.5 Å². The molecular formula is C17H14ClFO4. The number of hydrogen-bond donors (Lipinski definition) is 1. The average Bonchev–Trinajstić information content (AvgIpc) is 2.52. The van der Waals surface area contributed by atoms with E-state index in [9.17, 15) is 9.18 Å². The van der Waals surface area contributed by atoms with Gasteiger partial charge in [0.05, 0.1) is 12.1 Å². The van der Waals surface area contributed by atoms with Crippen LogP contribution in [0.15, 0.2) is 42.5 Å². The summed E-state index contributed by atoms with van der Waals surface area (Å²) in [5.74, 6) is -0.840. The van der Waals surface area contributed by atoms with Crippen LogP contribution in [0, 0.1) is 5.82 Å². The van der Waals surface area contributed by atoms with Gasteiger partial charge < -0.3 is 14.6 Å². The van der Waals surface area contributed by atoms with E-state index < -0.39 is 5.97 Å². The Kier molecular flexibility index (Phi) is 5.60. The Morgan fingerprint density at radius 3 is 2.74 bits per heavy atom. The largest absolute Gasteiger partial charge is 0.493 e. The van der Waals surface area contributed by atoms with Crippen LogP contribution < -0.4 is 9.47 Å². The Labute approximate surface area is 137 Å². The molecule has 0 unspecified atom stereocenters. The van der Waals surface area contributed by atoms with Gasteiger partial charge >= 0.3 is 5.97 Å². The number of halogens is 2. The molecule has 2 rings (SSSR count). The second-order valence-electron chi connectivity index (χ2n) is 4.59. The first-order valence-corrected chi connectivity index (χ1v) is 7.04. The second-order valence-corrected chi connectivity index (χ2v) is 4.99. The highest BCUT2D eigenvalue weighted by Gasteiger charge is 2.12. The van der Waals surface area contributed by atoms with E-state index in [2.05, 4.69) is 0 Å². The summed E-state index contributed by atoms with van der Waals surface area (Å²) < 4.78 is 24.4. The molecule has 0 aromatic heterocycles. The van der Waals surface area contributed by atoms with Crippen molar-refractivity contribution in [2.24, 2.45) is 0 Å². The summed E-state index contributed by atoms with van der Waals surface area (Å²) in [6.45, 7) is -0.00688. The summed E-state index contributed by atoms with van der Waals surface area (Å²) in [7, 11) is 1.44. The van der Waals surface area contributed by atoms with Crippen molar-refractivity contribution in [3.63, 3.8) is 0 Å². The number of carboxylic acid groups (broad SMARTS) is 1. The predicted octanol–water partition coefficient (Wildman–Crippen LogP) is 4.16. The Bertz CT molecular complexity index is 743. The molecule has 23 heavy (non-hydrogen) atoms. The zero-order valence-electron chi connectivity index (χ0n) is 12.3. The first-order valence-electron chi connectivity index (χ1n) is 6.66. The maximum Gasteiger partial charge on any atom is 0.328 e. The Morgan fingerprint density at radius 2 is 2.09 bits per heavy atom. The van der Waals surface area contributed by atoms with Gasteiger partial charge in [0.1, 0.15) is 12.4 Å². The fourth-order valence-electron chi connectivity index (χ4n) is 1.91. The van der Waals surface area contributed by atoms with Crippen LogP contribution in [0.4, 0.5) is 4.39 Å². The van der Waals surface area contributed by atoms with E-state index in [0.29, 0.717) is 16.9 Å². The molecule has 1 N–H and O–H groups in total. The first kappa shape index (κ1) is 16.8. The van der Waals surface area contributed by atoms with Gasteiger partial charge in [0, 0.05) is 11.6 Å². The zero-order valence-corrected chi connectivity index (χ0v) is 13.0. The maximum atomic E-state index is 13.6. The van der Waals surface area contributed by atoms with Crippen LogP contribution in [0.3, 0.4) is 0 Å². The summed E-state index contributed by atoms with van der Waals surface area (Å²) in [6.07, 6.45) is 2.38. The topological polar surface area (TPSA) is 55.8 Å². The van der Waals surface area contributed by atoms with Gasteiger partial charge in [-0.25, -0.2) is 9.18 Å². The Morgan fingerprint density at radius 1 is 1.35 bits per heavy atom. The van der Waals surface area contributed by atoms with Crippen molar-refractivity contribution in [2.45, 2.75) is 6.61 Å². The lowest BCUT2D eigenvalue weighted by molar-refractivity contribution is -0.131. The Hall–Kier alpha value is -2.53. The van der Waals surface area contributed by atoms with Gasteiger partial charge in [-0.1, -0.05) is 29.8 Å². The van der Waals surface area contributed by atoms with Crippen molar-refractivity contribution in [1.82, 2.24) is 0 Å². The van der Waals surface area contributed by atoms with E-state index in [1.807, 2.05) is 0 Å². The minimum atomic E-state index is -1.07. The van der Waals surface area contributed by atoms with Gasteiger partial charge in [-0.05, 0) is 29.8 Å². The number of carbonyl (C=O) groups is 1. The lowest BCUT2D eigenvalue weighted by Crippen LogP contribution is -2.01. The fraction of sp³-hybridized carbons (Fsp3) is 0.118. The quantitative estimate of drug-likeness (QED) is 0.805. The molecule has 0 saturated carbocycles. The zero-order chi connectivity index (χ0) is 16.8. The standard InChI is InChI=1S/C17H14ClFO4/c1-22-15-9-11(6-7-16(20)21)8-13(18)17(15)23-10-12-4-2-3-5-14(12)19/h2-9H,10H2,1H3,(H,20,21). The van der Waals surface area contributed by atoms with Crippen molar-refractivity contribution < 1.29 is 23.8 Å². The van der Waals surface area contributed by atoms with Crippen LogP contribution in [0.2, 0.25) is 5.02 Å². The molecule has 0 fully saturated rings. The SMILES string of the molecule is COc1cc(C=CC(=O)O)cc(Cl)c1OCc1ccccc1F. The van der Waals surface area contributed by atoms with Crippen molar-refractivity contribution in [2.75, 3.05) is 7.11 Å². The molecule has 2 aromatic rings. The third-order valence-corrected chi connectivity index (χ3v) is 3.28. The number of carboxylic acids is 1. The summed E-state index contributed by atoms with van der Waals surface area (Å²) in [5.41, 5.74) is 0.938. The summed E-state index contributed by atoms with van der Waals surface area (Å²) in [4.78, 5) is 10.6. The minimum Gasteiger partial charge on any atom is -0.493 e. The molecule has 0 radical (unpaired) electrons. The number of rotatable bonds is 6. The van der Waals surface area contributed by atoms with E-state index in [4.69, 9.17) is 26.2 Å². The molecule has 4 nitrogen and oxygen atoms in total. The van der Waals surface area contributed by atoms with Crippen molar-refractivity contribution in [3.05, 3.63) is 64.4 Å². The van der Waals surface area contributed by atoms with Crippen molar-refractivity contribution >= 4 is 23.6 Å². The molecule has 0 spiro atoms. The van der Waals surface area contributed by atoms with Gasteiger partial charge in [0.15, 0.2) is 11.5 Å². The van der Waals surface area contributed by atoms with Gasteiger partial charge in [0.25, 0.3) is 0 Å². The van der Waals surface area contributed by atoms with Crippen molar-refractivity contribution in [3.8, 4) is 11.5 Å². The molecule has 0 heterocycles. The van der Waals surface area contributed by atoms with E-state index in [-0.39, 0.29) is 23.2 Å². The number of aliphatic carboxylic acids is 1. The third-order valence-electron chi connectivity index (χ3n) is 3.00. The molecule has 120 valence electrons. The first-order chi connectivity index (χ1) is 11.0. The highest BCUT2D eigenvalue weighted by molar-refractivity contribution is 6.32. The van der Waals surface area contributed by atoms with Gasteiger partial charge in [0.2, 0.25) is 0 Å². The predicted molar refractivity (Wildman–Crippen MR) is 85.4 cm³/mol. The average molecular weight is 337 g/mol. The monoisotopic (exact) mass is 336 g/mol. The minimum absolute atomic E-state index is 0.00688. The Balaban J connectivity index is 2.24. The molecule has 2 aromatic carbocycles. The summed E-state index contributed by atoms with van der Waals surface area (Å²) in [5, 5.41) is 8.89. The van der Waals surface area contributed by atoms with Crippen LogP contribution in [-0.4, -0.2) is 18.2 Å². The molecule has 6 heteroatoms. The summed E-state index contributed by atoms with van der Waals surface area (Å²) >= 11 is 6.15. The van der Waals surface area contributed by atoms with E-state index in [1.54, 1.807) is 30.3 Å². The molecule has 0 bridgehead atoms. The second kappa shape index (κ2) is 7.65. The smallest absolute Gasteiger partial charge is 0.328 e. The number of hydrogen-bond acceptors (Lipinski definition) is 3. The molecule has 0 saturated heterocycles. The van der Waals surface area contributed by atoms with Crippen LogP contribution >= 0.6 is 11.6 Å². The van der Waals surface area contributed by atoms with Crippen LogP contribution in [0.25, 0.3) is 6.08 Å². The van der Waals surface area contributed by atoms with Gasteiger partial charge in [-0.15, -0.1) is 0 Å². The molecule has 0 aliphatic heterocycles. The molecule has 0 aliphatic rings. The fourth-order valence-corrected chi connectivity index (χ4v) is 2.18. The summed E-state index contributed by atoms with van der Waals surface area (Å²) in [6, 6.07) is 9.38. The van der Waals surface area contributed by atoms with Gasteiger partial charge in [-0.3, -0.25) is 0 Å². The number of methoxy groups -OCH3 is 1. The molecule has 0 amide bonds. The lowest BCUT2D eigenvalue weighted by atomic mass is 10.2. The lowest BCUT2D eigenvalue weighted by Gasteiger charge is -2.13. The van der Waals surface area contributed by atoms with E-state index >= 15 is 0 Å². The maximum absolute atomic E-state index is 13.6. The van der Waals surface area contributed by atoms with E-state index in [0.717, 1.165) is 6.08 Å². The molecule has 0 aliphatic carbocycles. The third kappa shape index (κ3) is 4.47. The van der Waals surface area contributed by atoms with E-state index in [1.165, 1.54) is 19.3 Å². The molecule has 0 atom stereocenters. The molecular weight excluding hydrogens is 323 g/mol.